The van der Waals surface area contributed by atoms with Crippen molar-refractivity contribution in [2.75, 3.05) is 18.4 Å². The van der Waals surface area contributed by atoms with E-state index in [1.54, 1.807) is 17.0 Å². The summed E-state index contributed by atoms with van der Waals surface area (Å²) in [5.74, 6) is -0.182. The molecule has 0 aliphatic heterocycles. The predicted octanol–water partition coefficient (Wildman–Crippen LogP) is 4.29. The third kappa shape index (κ3) is 5.10. The molecule has 132 valence electrons. The summed E-state index contributed by atoms with van der Waals surface area (Å²) < 4.78 is 0. The molecular formula is C20H24N2O2S. The molecule has 2 aromatic carbocycles. The van der Waals surface area contributed by atoms with E-state index >= 15 is 0 Å². The van der Waals surface area contributed by atoms with Crippen LogP contribution in [0.25, 0.3) is 0 Å². The van der Waals surface area contributed by atoms with Crippen LogP contribution in [0.1, 0.15) is 31.1 Å². The molecule has 0 heterocycles. The fraction of sp³-hybridized carbons (Fsp3) is 0.300. The lowest BCUT2D eigenvalue weighted by molar-refractivity contribution is -0.115. The molecule has 0 aliphatic carbocycles. The van der Waals surface area contributed by atoms with Gasteiger partial charge in [-0.05, 0) is 45.0 Å². The van der Waals surface area contributed by atoms with E-state index in [9.17, 15) is 9.59 Å². The highest BCUT2D eigenvalue weighted by Gasteiger charge is 2.20. The van der Waals surface area contributed by atoms with E-state index in [1.807, 2.05) is 63.2 Å². The number of amides is 2. The Morgan fingerprint density at radius 2 is 1.60 bits per heavy atom. The first-order chi connectivity index (χ1) is 12.1. The van der Waals surface area contributed by atoms with Crippen molar-refractivity contribution < 1.29 is 9.59 Å². The van der Waals surface area contributed by atoms with Crippen LogP contribution in [0.4, 0.5) is 5.69 Å². The molecule has 0 aromatic heterocycles. The highest BCUT2D eigenvalue weighted by molar-refractivity contribution is 8.00. The third-order valence-electron chi connectivity index (χ3n) is 3.89. The van der Waals surface area contributed by atoms with Crippen LogP contribution in [-0.4, -0.2) is 35.1 Å². The molecule has 1 atom stereocenters. The predicted molar refractivity (Wildman–Crippen MR) is 104 cm³/mol. The molecule has 0 unspecified atom stereocenters. The number of carbonyl (C=O) groups is 2. The Hall–Kier alpha value is -2.27. The number of thioether (sulfide) groups is 1. The Kier molecular flexibility index (Phi) is 7.07. The molecule has 1 N–H and O–H groups in total. The molecule has 5 heteroatoms. The van der Waals surface area contributed by atoms with Gasteiger partial charge in [0.25, 0.3) is 5.91 Å². The number of anilines is 1. The number of benzene rings is 2. The average Bonchev–Trinajstić information content (AvgIpc) is 2.63. The summed E-state index contributed by atoms with van der Waals surface area (Å²) in [4.78, 5) is 28.0. The maximum atomic E-state index is 12.6. The second-order valence-corrected chi connectivity index (χ2v) is 7.00. The Bertz CT molecular complexity index is 715. The molecule has 2 aromatic rings. The second kappa shape index (κ2) is 9.28. The largest absolute Gasteiger partial charge is 0.339 e. The van der Waals surface area contributed by atoms with Crippen molar-refractivity contribution in [3.8, 4) is 0 Å². The molecule has 25 heavy (non-hydrogen) atoms. The van der Waals surface area contributed by atoms with Gasteiger partial charge >= 0.3 is 0 Å². The lowest BCUT2D eigenvalue weighted by Crippen LogP contribution is -2.32. The Morgan fingerprint density at radius 1 is 1.00 bits per heavy atom. The maximum Gasteiger partial charge on any atom is 0.255 e. The molecular weight excluding hydrogens is 332 g/mol. The van der Waals surface area contributed by atoms with Crippen molar-refractivity contribution in [3.63, 3.8) is 0 Å². The maximum absolute atomic E-state index is 12.6. The van der Waals surface area contributed by atoms with Crippen molar-refractivity contribution in [2.45, 2.75) is 30.9 Å². The highest BCUT2D eigenvalue weighted by Crippen LogP contribution is 2.25. The first-order valence-corrected chi connectivity index (χ1v) is 9.35. The molecule has 2 amide bonds. The van der Waals surface area contributed by atoms with Crippen LogP contribution in [0, 0.1) is 0 Å². The molecule has 0 saturated heterocycles. The van der Waals surface area contributed by atoms with Gasteiger partial charge < -0.3 is 10.2 Å². The van der Waals surface area contributed by atoms with Gasteiger partial charge in [-0.3, -0.25) is 9.59 Å². The number of nitrogens with one attached hydrogen (secondary N) is 1. The Balaban J connectivity index is 2.11. The minimum atomic E-state index is -0.265. The van der Waals surface area contributed by atoms with Crippen LogP contribution in [0.15, 0.2) is 59.5 Å². The van der Waals surface area contributed by atoms with E-state index in [4.69, 9.17) is 0 Å². The summed E-state index contributed by atoms with van der Waals surface area (Å²) in [5, 5.41) is 2.64. The monoisotopic (exact) mass is 356 g/mol. The second-order valence-electron chi connectivity index (χ2n) is 5.59. The van der Waals surface area contributed by atoms with Crippen LogP contribution in [0.2, 0.25) is 0 Å². The van der Waals surface area contributed by atoms with Gasteiger partial charge in [-0.2, -0.15) is 0 Å². The number of para-hydroxylation sites is 1. The molecule has 0 radical (unpaired) electrons. The number of hydrogen-bond acceptors (Lipinski definition) is 3. The zero-order valence-corrected chi connectivity index (χ0v) is 15.7. The van der Waals surface area contributed by atoms with E-state index in [0.29, 0.717) is 24.3 Å². The highest BCUT2D eigenvalue weighted by atomic mass is 32.2. The van der Waals surface area contributed by atoms with Gasteiger partial charge in [0.15, 0.2) is 0 Å². The zero-order valence-electron chi connectivity index (χ0n) is 14.9. The van der Waals surface area contributed by atoms with Gasteiger partial charge in [0.1, 0.15) is 0 Å². The van der Waals surface area contributed by atoms with Gasteiger partial charge in [-0.1, -0.05) is 30.3 Å². The lowest BCUT2D eigenvalue weighted by atomic mass is 10.1. The summed E-state index contributed by atoms with van der Waals surface area (Å²) in [6.07, 6.45) is 0. The molecule has 0 aliphatic rings. The normalized spacial score (nSPS) is 11.6. The van der Waals surface area contributed by atoms with Crippen molar-refractivity contribution in [3.05, 3.63) is 60.2 Å². The molecule has 0 spiro atoms. The van der Waals surface area contributed by atoms with Gasteiger partial charge in [0.05, 0.1) is 16.5 Å². The van der Waals surface area contributed by atoms with Gasteiger partial charge in [-0.15, -0.1) is 11.8 Å². The van der Waals surface area contributed by atoms with Crippen molar-refractivity contribution in [1.82, 2.24) is 4.90 Å². The first-order valence-electron chi connectivity index (χ1n) is 8.47. The minimum Gasteiger partial charge on any atom is -0.339 e. The molecule has 2 rings (SSSR count). The third-order valence-corrected chi connectivity index (χ3v) is 5.00. The fourth-order valence-electron chi connectivity index (χ4n) is 2.45. The average molecular weight is 356 g/mol. The molecule has 0 bridgehead atoms. The number of rotatable bonds is 7. The number of nitrogens with zero attached hydrogens (tertiary/aromatic N) is 1. The molecule has 4 nitrogen and oxygen atoms in total. The van der Waals surface area contributed by atoms with E-state index < -0.39 is 0 Å². The standard InChI is InChI=1S/C20H24N2O2S/c1-4-22(5-2)20(24)17-13-9-10-14-18(17)21-19(23)15(3)25-16-11-7-6-8-12-16/h6-15H,4-5H2,1-3H3,(H,21,23)/t15-/m1/s1. The molecule has 0 fully saturated rings. The van der Waals surface area contributed by atoms with E-state index in [-0.39, 0.29) is 17.1 Å². The van der Waals surface area contributed by atoms with E-state index in [1.165, 1.54) is 11.8 Å². The van der Waals surface area contributed by atoms with Crippen molar-refractivity contribution >= 4 is 29.3 Å². The van der Waals surface area contributed by atoms with Gasteiger partial charge in [0, 0.05) is 18.0 Å². The Labute approximate surface area is 153 Å². The van der Waals surface area contributed by atoms with Crippen molar-refractivity contribution in [1.29, 1.82) is 0 Å². The van der Waals surface area contributed by atoms with Gasteiger partial charge in [0.2, 0.25) is 5.91 Å². The van der Waals surface area contributed by atoms with Crippen molar-refractivity contribution in [2.24, 2.45) is 0 Å². The minimum absolute atomic E-state index is 0.0655. The smallest absolute Gasteiger partial charge is 0.255 e. The number of carbonyl (C=O) groups excluding carboxylic acids is 2. The van der Waals surface area contributed by atoms with Crippen LogP contribution >= 0.6 is 11.8 Å². The van der Waals surface area contributed by atoms with E-state index in [2.05, 4.69) is 5.32 Å². The van der Waals surface area contributed by atoms with Crippen LogP contribution in [-0.2, 0) is 4.79 Å². The fourth-order valence-corrected chi connectivity index (χ4v) is 3.34. The summed E-state index contributed by atoms with van der Waals surface area (Å²) >= 11 is 1.49. The summed E-state index contributed by atoms with van der Waals surface area (Å²) in [7, 11) is 0. The quantitative estimate of drug-likeness (QED) is 0.753. The summed E-state index contributed by atoms with van der Waals surface area (Å²) in [5.41, 5.74) is 1.08. The zero-order chi connectivity index (χ0) is 18.2. The van der Waals surface area contributed by atoms with Crippen LogP contribution < -0.4 is 5.32 Å². The SMILES string of the molecule is CCN(CC)C(=O)c1ccccc1NC(=O)[C@@H](C)Sc1ccccc1. The van der Waals surface area contributed by atoms with Gasteiger partial charge in [-0.25, -0.2) is 0 Å². The molecule has 0 saturated carbocycles. The van der Waals surface area contributed by atoms with Crippen LogP contribution in [0.3, 0.4) is 0 Å². The topological polar surface area (TPSA) is 49.4 Å². The first kappa shape index (κ1) is 19.1. The van der Waals surface area contributed by atoms with Crippen LogP contribution in [0.5, 0.6) is 0 Å². The summed E-state index contributed by atoms with van der Waals surface area (Å²) in [6, 6.07) is 17.0. The summed E-state index contributed by atoms with van der Waals surface area (Å²) in [6.45, 7) is 7.03. The lowest BCUT2D eigenvalue weighted by Gasteiger charge is -2.21. The van der Waals surface area contributed by atoms with E-state index in [0.717, 1.165) is 4.90 Å². The Morgan fingerprint density at radius 3 is 2.24 bits per heavy atom. The number of hydrogen-bond donors (Lipinski definition) is 1.